The Kier molecular flexibility index (Phi) is 3.93. The predicted molar refractivity (Wildman–Crippen MR) is 80.6 cm³/mol. The van der Waals surface area contributed by atoms with Crippen LogP contribution >= 0.6 is 27.3 Å². The summed E-state index contributed by atoms with van der Waals surface area (Å²) in [6.45, 7) is 1.60. The van der Waals surface area contributed by atoms with Gasteiger partial charge in [0, 0.05) is 6.54 Å². The zero-order valence-corrected chi connectivity index (χ0v) is 12.9. The average molecular weight is 354 g/mol. The van der Waals surface area contributed by atoms with E-state index in [9.17, 15) is 4.79 Å². The summed E-state index contributed by atoms with van der Waals surface area (Å²) in [7, 11) is 0. The normalized spacial score (nSPS) is 13.1. The molecule has 0 saturated carbocycles. The fourth-order valence-electron chi connectivity index (χ4n) is 1.90. The molecule has 4 nitrogen and oxygen atoms in total. The zero-order valence-electron chi connectivity index (χ0n) is 10.5. The highest BCUT2D eigenvalue weighted by molar-refractivity contribution is 9.11. The fraction of sp³-hybridized carbons (Fsp3) is 0.214. The van der Waals surface area contributed by atoms with Crippen molar-refractivity contribution >= 4 is 33.2 Å². The maximum atomic E-state index is 11.9. The third-order valence-electron chi connectivity index (χ3n) is 2.86. The van der Waals surface area contributed by atoms with Crippen LogP contribution < -0.4 is 14.8 Å². The first kappa shape index (κ1) is 13.5. The van der Waals surface area contributed by atoms with Gasteiger partial charge in [-0.25, -0.2) is 0 Å². The Bertz CT molecular complexity index is 641. The van der Waals surface area contributed by atoms with Crippen LogP contribution in [0.3, 0.4) is 0 Å². The van der Waals surface area contributed by atoms with Crippen molar-refractivity contribution in [3.63, 3.8) is 0 Å². The quantitative estimate of drug-likeness (QED) is 0.921. The van der Waals surface area contributed by atoms with E-state index in [1.54, 1.807) is 6.07 Å². The molecule has 1 N–H and O–H groups in total. The number of halogens is 1. The lowest BCUT2D eigenvalue weighted by atomic mass is 10.2. The number of thiophene rings is 1. The molecular weight excluding hydrogens is 342 g/mol. The van der Waals surface area contributed by atoms with Crippen LogP contribution in [0, 0.1) is 0 Å². The highest BCUT2D eigenvalue weighted by Gasteiger charge is 2.12. The average Bonchev–Trinajstić information content (AvgIpc) is 2.91. The standard InChI is InChI=1S/C14H12BrNO3S/c15-13-4-3-12(20-13)14(17)16-8-9-1-2-10-11(7-9)19-6-5-18-10/h1-4,7H,5-6,8H2,(H,16,17). The van der Waals surface area contributed by atoms with E-state index in [0.29, 0.717) is 24.6 Å². The predicted octanol–water partition coefficient (Wildman–Crippen LogP) is 3.21. The molecule has 20 heavy (non-hydrogen) atoms. The van der Waals surface area contributed by atoms with Gasteiger partial charge in [-0.1, -0.05) is 6.07 Å². The molecule has 0 saturated heterocycles. The summed E-state index contributed by atoms with van der Waals surface area (Å²) in [5, 5.41) is 2.89. The summed E-state index contributed by atoms with van der Waals surface area (Å²) in [6.07, 6.45) is 0. The molecule has 0 fully saturated rings. The largest absolute Gasteiger partial charge is 0.486 e. The van der Waals surface area contributed by atoms with Gasteiger partial charge in [-0.05, 0) is 45.8 Å². The highest BCUT2D eigenvalue weighted by atomic mass is 79.9. The van der Waals surface area contributed by atoms with Gasteiger partial charge < -0.3 is 14.8 Å². The van der Waals surface area contributed by atoms with Crippen molar-refractivity contribution in [3.8, 4) is 11.5 Å². The molecule has 3 rings (SSSR count). The number of hydrogen-bond acceptors (Lipinski definition) is 4. The summed E-state index contributed by atoms with van der Waals surface area (Å²) in [4.78, 5) is 12.6. The zero-order chi connectivity index (χ0) is 13.9. The van der Waals surface area contributed by atoms with E-state index in [4.69, 9.17) is 9.47 Å². The number of rotatable bonds is 3. The van der Waals surface area contributed by atoms with Gasteiger partial charge in [0.1, 0.15) is 13.2 Å². The Morgan fingerprint density at radius 1 is 1.20 bits per heavy atom. The number of carbonyl (C=O) groups is 1. The van der Waals surface area contributed by atoms with Gasteiger partial charge in [0.25, 0.3) is 5.91 Å². The van der Waals surface area contributed by atoms with Crippen molar-refractivity contribution in [1.29, 1.82) is 0 Å². The van der Waals surface area contributed by atoms with E-state index >= 15 is 0 Å². The first-order valence-corrected chi connectivity index (χ1v) is 7.75. The number of nitrogens with one attached hydrogen (secondary N) is 1. The third kappa shape index (κ3) is 2.96. The Morgan fingerprint density at radius 3 is 2.75 bits per heavy atom. The molecule has 0 atom stereocenters. The molecule has 1 aliphatic rings. The fourth-order valence-corrected chi connectivity index (χ4v) is 3.21. The monoisotopic (exact) mass is 353 g/mol. The minimum atomic E-state index is -0.0735. The van der Waals surface area contributed by atoms with Crippen LogP contribution in [-0.2, 0) is 6.54 Å². The summed E-state index contributed by atoms with van der Waals surface area (Å²) in [5.74, 6) is 1.42. The molecule has 2 aromatic rings. The number of ether oxygens (including phenoxy) is 2. The second-order valence-electron chi connectivity index (χ2n) is 4.26. The highest BCUT2D eigenvalue weighted by Crippen LogP contribution is 2.30. The Balaban J connectivity index is 1.65. The molecule has 104 valence electrons. The van der Waals surface area contributed by atoms with Crippen molar-refractivity contribution in [1.82, 2.24) is 5.32 Å². The molecule has 1 aromatic heterocycles. The van der Waals surface area contributed by atoms with Gasteiger partial charge in [0.05, 0.1) is 8.66 Å². The van der Waals surface area contributed by atoms with Crippen molar-refractivity contribution in [2.45, 2.75) is 6.54 Å². The van der Waals surface area contributed by atoms with Crippen LogP contribution in [0.1, 0.15) is 15.2 Å². The summed E-state index contributed by atoms with van der Waals surface area (Å²) in [6, 6.07) is 9.37. The van der Waals surface area contributed by atoms with Gasteiger partial charge in [-0.15, -0.1) is 11.3 Å². The van der Waals surface area contributed by atoms with Crippen LogP contribution in [-0.4, -0.2) is 19.1 Å². The maximum absolute atomic E-state index is 11.9. The first-order chi connectivity index (χ1) is 9.72. The van der Waals surface area contributed by atoms with Crippen molar-refractivity contribution < 1.29 is 14.3 Å². The molecule has 1 aliphatic heterocycles. The van der Waals surface area contributed by atoms with Crippen molar-refractivity contribution in [2.24, 2.45) is 0 Å². The van der Waals surface area contributed by atoms with Gasteiger partial charge in [-0.2, -0.15) is 0 Å². The SMILES string of the molecule is O=C(NCc1ccc2c(c1)OCCO2)c1ccc(Br)s1. The Hall–Kier alpha value is -1.53. The van der Waals surface area contributed by atoms with Crippen molar-refractivity contribution in [2.75, 3.05) is 13.2 Å². The molecule has 1 amide bonds. The topological polar surface area (TPSA) is 47.6 Å². The van der Waals surface area contributed by atoms with Crippen LogP contribution in [0.25, 0.3) is 0 Å². The van der Waals surface area contributed by atoms with E-state index in [-0.39, 0.29) is 5.91 Å². The van der Waals surface area contributed by atoms with Gasteiger partial charge in [0.2, 0.25) is 0 Å². The smallest absolute Gasteiger partial charge is 0.261 e. The van der Waals surface area contributed by atoms with E-state index in [1.165, 1.54) is 11.3 Å². The van der Waals surface area contributed by atoms with E-state index in [2.05, 4.69) is 21.2 Å². The van der Waals surface area contributed by atoms with Gasteiger partial charge in [-0.3, -0.25) is 4.79 Å². The molecule has 0 radical (unpaired) electrons. The third-order valence-corrected chi connectivity index (χ3v) is 4.48. The molecule has 2 heterocycles. The lowest BCUT2D eigenvalue weighted by Crippen LogP contribution is -2.22. The van der Waals surface area contributed by atoms with Crippen LogP contribution in [0.15, 0.2) is 34.1 Å². The molecular formula is C14H12BrNO3S. The van der Waals surface area contributed by atoms with E-state index in [1.807, 2.05) is 24.3 Å². The maximum Gasteiger partial charge on any atom is 0.261 e. The van der Waals surface area contributed by atoms with E-state index in [0.717, 1.165) is 20.8 Å². The summed E-state index contributed by atoms with van der Waals surface area (Å²) < 4.78 is 11.9. The number of benzene rings is 1. The number of hydrogen-bond donors (Lipinski definition) is 1. The molecule has 0 unspecified atom stereocenters. The number of fused-ring (bicyclic) bond motifs is 1. The molecule has 0 aliphatic carbocycles. The summed E-state index contributed by atoms with van der Waals surface area (Å²) in [5.41, 5.74) is 0.984. The van der Waals surface area contributed by atoms with Gasteiger partial charge >= 0.3 is 0 Å². The lowest BCUT2D eigenvalue weighted by molar-refractivity contribution is 0.0955. The van der Waals surface area contributed by atoms with Crippen LogP contribution in [0.2, 0.25) is 0 Å². The Labute approximate surface area is 128 Å². The lowest BCUT2D eigenvalue weighted by Gasteiger charge is -2.18. The minimum absolute atomic E-state index is 0.0735. The second kappa shape index (κ2) is 5.85. The van der Waals surface area contributed by atoms with Gasteiger partial charge in [0.15, 0.2) is 11.5 Å². The summed E-state index contributed by atoms with van der Waals surface area (Å²) >= 11 is 4.76. The molecule has 0 bridgehead atoms. The first-order valence-electron chi connectivity index (χ1n) is 6.14. The molecule has 0 spiro atoms. The second-order valence-corrected chi connectivity index (χ2v) is 6.73. The van der Waals surface area contributed by atoms with Crippen molar-refractivity contribution in [3.05, 3.63) is 44.6 Å². The molecule has 6 heteroatoms. The minimum Gasteiger partial charge on any atom is -0.486 e. The van der Waals surface area contributed by atoms with E-state index < -0.39 is 0 Å². The van der Waals surface area contributed by atoms with Crippen LogP contribution in [0.4, 0.5) is 0 Å². The Morgan fingerprint density at radius 2 is 2.00 bits per heavy atom. The number of amides is 1. The molecule has 1 aromatic carbocycles. The number of carbonyl (C=O) groups excluding carboxylic acids is 1. The van der Waals surface area contributed by atoms with Crippen LogP contribution in [0.5, 0.6) is 11.5 Å².